The monoisotopic (exact) mass is 687 g/mol. The summed E-state index contributed by atoms with van der Waals surface area (Å²) in [4.78, 5) is 10.3. The van der Waals surface area contributed by atoms with Gasteiger partial charge in [0, 0.05) is 56.5 Å². The molecule has 0 aliphatic heterocycles. The van der Waals surface area contributed by atoms with Gasteiger partial charge in [-0.15, -0.1) is 35.4 Å². The molecule has 7 aromatic rings. The predicted molar refractivity (Wildman–Crippen MR) is 150 cm³/mol. The summed E-state index contributed by atoms with van der Waals surface area (Å²) >= 11 is 0. The van der Waals surface area contributed by atoms with Crippen LogP contribution in [0.5, 0.6) is 5.75 Å². The fourth-order valence-corrected chi connectivity index (χ4v) is 5.91. The van der Waals surface area contributed by atoms with Crippen LogP contribution in [0.15, 0.2) is 89.5 Å². The maximum Gasteiger partial charge on any atom is 0.144 e. The van der Waals surface area contributed by atoms with Gasteiger partial charge in [0.25, 0.3) is 0 Å². The number of para-hydroxylation sites is 1. The van der Waals surface area contributed by atoms with Crippen LogP contribution in [0.25, 0.3) is 66.7 Å². The summed E-state index contributed by atoms with van der Waals surface area (Å²) in [6.07, 6.45) is 3.93. The van der Waals surface area contributed by atoms with Crippen LogP contribution in [0.1, 0.15) is 11.1 Å². The zero-order chi connectivity index (χ0) is 25.4. The van der Waals surface area contributed by atoms with Crippen molar-refractivity contribution in [2.24, 2.45) is 7.05 Å². The van der Waals surface area contributed by atoms with E-state index in [1.165, 1.54) is 16.5 Å². The second-order valence-corrected chi connectivity index (χ2v) is 9.93. The molecule has 6 heteroatoms. The summed E-state index contributed by atoms with van der Waals surface area (Å²) in [5.41, 5.74) is 8.31. The summed E-state index contributed by atoms with van der Waals surface area (Å²) < 4.78 is 7.91. The van der Waals surface area contributed by atoms with Gasteiger partial charge in [0.2, 0.25) is 0 Å². The number of rotatable bonds is 2. The molecular formula is C33H22N3O2Pt-. The molecule has 0 radical (unpaired) electrons. The van der Waals surface area contributed by atoms with Gasteiger partial charge in [-0.05, 0) is 29.6 Å². The van der Waals surface area contributed by atoms with Gasteiger partial charge in [-0.2, -0.15) is 0 Å². The van der Waals surface area contributed by atoms with Crippen molar-refractivity contribution in [2.75, 3.05) is 0 Å². The number of phenols is 1. The molecule has 5 nitrogen and oxygen atoms in total. The molecule has 39 heavy (non-hydrogen) atoms. The Bertz CT molecular complexity index is 2070. The third-order valence-electron chi connectivity index (χ3n) is 7.70. The summed E-state index contributed by atoms with van der Waals surface area (Å²) in [5, 5.41) is 15.2. The van der Waals surface area contributed by atoms with Gasteiger partial charge in [-0.1, -0.05) is 54.4 Å². The van der Waals surface area contributed by atoms with Crippen molar-refractivity contribution < 1.29 is 30.6 Å². The predicted octanol–water partition coefficient (Wildman–Crippen LogP) is 7.47. The Morgan fingerprint density at radius 1 is 0.821 bits per heavy atom. The van der Waals surface area contributed by atoms with E-state index in [9.17, 15) is 5.11 Å². The minimum Gasteiger partial charge on any atom is -0.507 e. The zero-order valence-electron chi connectivity index (χ0n) is 21.0. The Kier molecular flexibility index (Phi) is 5.46. The van der Waals surface area contributed by atoms with Crippen LogP contribution < -0.4 is 0 Å². The Balaban J connectivity index is 0.00000253. The Labute approximate surface area is 239 Å². The smallest absolute Gasteiger partial charge is 0.144 e. The maximum absolute atomic E-state index is 11.0. The average Bonchev–Trinajstić information content (AvgIpc) is 3.51. The molecular weight excluding hydrogens is 665 g/mol. The van der Waals surface area contributed by atoms with E-state index >= 15 is 0 Å². The van der Waals surface area contributed by atoms with Gasteiger partial charge in [-0.3, -0.25) is 4.98 Å². The van der Waals surface area contributed by atoms with Crippen molar-refractivity contribution in [1.82, 2.24) is 14.5 Å². The zero-order valence-corrected chi connectivity index (χ0v) is 23.3. The van der Waals surface area contributed by atoms with Crippen molar-refractivity contribution in [3.63, 3.8) is 0 Å². The third kappa shape index (κ3) is 3.57. The second kappa shape index (κ2) is 8.93. The van der Waals surface area contributed by atoms with Crippen LogP contribution in [0.4, 0.5) is 0 Å². The van der Waals surface area contributed by atoms with E-state index in [-0.39, 0.29) is 26.8 Å². The van der Waals surface area contributed by atoms with Crippen LogP contribution in [-0.4, -0.2) is 19.6 Å². The molecule has 1 N–H and O–H groups in total. The fraction of sp³-hybridized carbons (Fsp3) is 0.0909. The van der Waals surface area contributed by atoms with Crippen LogP contribution in [-0.2, 0) is 41.0 Å². The number of aryl methyl sites for hydroxylation is 3. The molecule has 1 aliphatic rings. The van der Waals surface area contributed by atoms with Crippen LogP contribution in [0.2, 0.25) is 0 Å². The molecule has 8 rings (SSSR count). The molecule has 192 valence electrons. The van der Waals surface area contributed by atoms with E-state index in [2.05, 4.69) is 36.4 Å². The molecule has 0 atom stereocenters. The average molecular weight is 688 g/mol. The van der Waals surface area contributed by atoms with Crippen molar-refractivity contribution in [2.45, 2.75) is 12.8 Å². The van der Waals surface area contributed by atoms with Gasteiger partial charge < -0.3 is 14.1 Å². The number of aromatic hydroxyl groups is 1. The quantitative estimate of drug-likeness (QED) is 0.192. The topological polar surface area (TPSA) is 64.1 Å². The molecule has 0 saturated heterocycles. The van der Waals surface area contributed by atoms with Crippen molar-refractivity contribution in [3.05, 3.63) is 102 Å². The number of fused-ring (bicyclic) bond motifs is 8. The van der Waals surface area contributed by atoms with Gasteiger partial charge in [-0.25, -0.2) is 4.98 Å². The maximum atomic E-state index is 11.0. The number of pyridine rings is 1. The minimum atomic E-state index is 0. The van der Waals surface area contributed by atoms with Crippen LogP contribution >= 0.6 is 0 Å². The molecule has 0 saturated carbocycles. The van der Waals surface area contributed by atoms with Gasteiger partial charge >= 0.3 is 0 Å². The number of hydrogen-bond acceptors (Lipinski definition) is 4. The first-order valence-electron chi connectivity index (χ1n) is 12.8. The molecule has 1 aliphatic carbocycles. The molecule has 0 amide bonds. The molecule has 0 bridgehead atoms. The first-order chi connectivity index (χ1) is 18.7. The van der Waals surface area contributed by atoms with E-state index in [1.54, 1.807) is 6.07 Å². The first kappa shape index (κ1) is 23.9. The van der Waals surface area contributed by atoms with Gasteiger partial charge in [0.05, 0.1) is 11.3 Å². The first-order valence-corrected chi connectivity index (χ1v) is 12.8. The van der Waals surface area contributed by atoms with Crippen molar-refractivity contribution >= 4 is 32.7 Å². The minimum absolute atomic E-state index is 0. The summed E-state index contributed by atoms with van der Waals surface area (Å²) in [6, 6.07) is 29.6. The van der Waals surface area contributed by atoms with Gasteiger partial charge in [0.1, 0.15) is 28.4 Å². The van der Waals surface area contributed by atoms with E-state index in [1.807, 2.05) is 60.3 Å². The number of furan rings is 1. The number of nitrogens with zero attached hydrogens (tertiary/aromatic N) is 3. The fourth-order valence-electron chi connectivity index (χ4n) is 5.91. The standard InChI is InChI=1S/C33H22N3O2.Pt/c1-36-18-27(34-33(36)26-16-25-22-11-6-7-13-29(22)38-30(25)17-28(26)37)32-23-12-5-4-10-21(23)24-15-14-19-8-2-3-9-20(19)31(24)35-32;/h2-8,10-13,16-18,37H,14-15H2,1H3;/q-1;. The number of benzene rings is 4. The van der Waals surface area contributed by atoms with Crippen molar-refractivity contribution in [1.29, 1.82) is 0 Å². The molecule has 3 aromatic heterocycles. The Morgan fingerprint density at radius 3 is 2.49 bits per heavy atom. The molecule has 4 aromatic carbocycles. The summed E-state index contributed by atoms with van der Waals surface area (Å²) in [6.45, 7) is 0. The van der Waals surface area contributed by atoms with E-state index in [0.29, 0.717) is 17.0 Å². The number of phenolic OH excluding ortho intramolecular Hbond substituents is 1. The normalized spacial score (nSPS) is 12.4. The van der Waals surface area contributed by atoms with Gasteiger partial charge in [0.15, 0.2) is 0 Å². The number of aromatic nitrogens is 3. The van der Waals surface area contributed by atoms with Crippen LogP contribution in [0, 0.1) is 6.07 Å². The third-order valence-corrected chi connectivity index (χ3v) is 7.70. The number of imidazole rings is 1. The molecule has 0 spiro atoms. The van der Waals surface area contributed by atoms with E-state index < -0.39 is 0 Å². The molecule has 0 unspecified atom stereocenters. The summed E-state index contributed by atoms with van der Waals surface area (Å²) in [7, 11) is 1.95. The molecule has 3 heterocycles. The second-order valence-electron chi connectivity index (χ2n) is 9.93. The molecule has 0 fully saturated rings. The largest absolute Gasteiger partial charge is 0.507 e. The van der Waals surface area contributed by atoms with Crippen LogP contribution in [0.3, 0.4) is 0 Å². The van der Waals surface area contributed by atoms with E-state index in [0.717, 1.165) is 57.2 Å². The Hall–Kier alpha value is -4.21. The van der Waals surface area contributed by atoms with E-state index in [4.69, 9.17) is 14.4 Å². The van der Waals surface area contributed by atoms with Crippen molar-refractivity contribution in [3.8, 4) is 39.8 Å². The number of hydrogen-bond donors (Lipinski definition) is 1. The Morgan fingerprint density at radius 2 is 1.62 bits per heavy atom. The summed E-state index contributed by atoms with van der Waals surface area (Å²) in [5.74, 6) is 0.795. The SMILES string of the molecule is Cn1cc(-c2nc3c(c4ccccc24)CCc2ccc[c-]c2-3)nc1-c1cc2c(cc1O)oc1ccccc12.[Pt].